The van der Waals surface area contributed by atoms with Crippen LogP contribution < -0.4 is 0 Å². The molecule has 0 aliphatic carbocycles. The van der Waals surface area contributed by atoms with Crippen LogP contribution >= 0.6 is 0 Å². The number of hydrogen-bond acceptors (Lipinski definition) is 0. The third-order valence-electron chi connectivity index (χ3n) is 1.30. The molecule has 0 heterocycles. The van der Waals surface area contributed by atoms with Crippen LogP contribution in [0.25, 0.3) is 0 Å². The molecule has 0 amide bonds. The van der Waals surface area contributed by atoms with Crippen LogP contribution in [0.5, 0.6) is 0 Å². The summed E-state index contributed by atoms with van der Waals surface area (Å²) in [6.45, 7) is 0. The Kier molecular flexibility index (Phi) is 2.61. The number of benzene rings is 1. The summed E-state index contributed by atoms with van der Waals surface area (Å²) in [5, 5.41) is 0.0996. The Morgan fingerprint density at radius 2 is 1.64 bits per heavy atom. The van der Waals surface area contributed by atoms with Crippen molar-refractivity contribution in [3.05, 3.63) is 35.1 Å². The van der Waals surface area contributed by atoms with Crippen molar-refractivity contribution >= 4 is 16.9 Å². The van der Waals surface area contributed by atoms with Crippen LogP contribution in [0.1, 0.15) is 5.56 Å². The number of rotatable bonds is 1. The van der Waals surface area contributed by atoms with Gasteiger partial charge >= 0.3 is 70.4 Å². The van der Waals surface area contributed by atoms with Gasteiger partial charge in [-0.3, -0.25) is 0 Å². The van der Waals surface area contributed by atoms with Gasteiger partial charge in [0, 0.05) is 0 Å². The van der Waals surface area contributed by atoms with E-state index in [1.54, 1.807) is 0 Å². The molecule has 58 valence electrons. The Balaban J connectivity index is 3.29. The summed E-state index contributed by atoms with van der Waals surface area (Å²) in [6, 6.07) is 1.69. The van der Waals surface area contributed by atoms with Gasteiger partial charge in [-0.05, 0) is 0 Å². The van der Waals surface area contributed by atoms with E-state index < -0.39 is 17.5 Å². The first kappa shape index (κ1) is 8.66. The molecule has 2 radical (unpaired) electrons. The van der Waals surface area contributed by atoms with Crippen LogP contribution in [0.3, 0.4) is 0 Å². The topological polar surface area (TPSA) is 0 Å². The van der Waals surface area contributed by atoms with E-state index in [1.165, 1.54) is 0 Å². The fourth-order valence-corrected chi connectivity index (χ4v) is 1.32. The molecular formula is C7H4AsF3. The number of halogens is 3. The molecule has 0 nitrogen and oxygen atoms in total. The molecule has 0 saturated heterocycles. The average Bonchev–Trinajstić information content (AvgIpc) is 1.99. The van der Waals surface area contributed by atoms with Crippen molar-refractivity contribution in [1.82, 2.24) is 0 Å². The fourth-order valence-electron chi connectivity index (χ4n) is 0.714. The van der Waals surface area contributed by atoms with Gasteiger partial charge in [-0.15, -0.1) is 0 Å². The van der Waals surface area contributed by atoms with E-state index >= 15 is 0 Å². The fraction of sp³-hybridized carbons (Fsp3) is 0.143. The standard InChI is InChI=1S/C7H4AsF3/c8-3-4-5(9)1-2-6(10)7(4)11/h1-2H,3H2. The van der Waals surface area contributed by atoms with Crippen molar-refractivity contribution < 1.29 is 13.2 Å². The van der Waals surface area contributed by atoms with E-state index in [0.29, 0.717) is 0 Å². The van der Waals surface area contributed by atoms with Crippen molar-refractivity contribution in [2.45, 2.75) is 5.21 Å². The first-order valence-corrected chi connectivity index (χ1v) is 4.22. The van der Waals surface area contributed by atoms with Gasteiger partial charge < -0.3 is 0 Å². The predicted octanol–water partition coefficient (Wildman–Crippen LogP) is 1.77. The molecule has 0 aliphatic heterocycles. The average molecular weight is 220 g/mol. The maximum atomic E-state index is 12.6. The Morgan fingerprint density at radius 3 is 2.09 bits per heavy atom. The van der Waals surface area contributed by atoms with Crippen molar-refractivity contribution in [2.24, 2.45) is 0 Å². The van der Waals surface area contributed by atoms with Crippen LogP contribution in [0.15, 0.2) is 12.1 Å². The van der Waals surface area contributed by atoms with Crippen LogP contribution in [0.2, 0.25) is 0 Å². The Hall–Kier alpha value is -0.432. The predicted molar refractivity (Wildman–Crippen MR) is 35.8 cm³/mol. The summed E-state index contributed by atoms with van der Waals surface area (Å²) >= 11 is 2.00. The zero-order valence-corrected chi connectivity index (χ0v) is 7.32. The normalized spacial score (nSPS) is 10.2. The minimum absolute atomic E-state index is 0.0996. The SMILES string of the molecule is Fc1ccc(F)c(C[As])c1F. The van der Waals surface area contributed by atoms with Crippen LogP contribution in [0, 0.1) is 17.5 Å². The van der Waals surface area contributed by atoms with Gasteiger partial charge in [0.1, 0.15) is 0 Å². The number of hydrogen-bond donors (Lipinski definition) is 0. The zero-order chi connectivity index (χ0) is 8.43. The summed E-state index contributed by atoms with van der Waals surface area (Å²) in [5.74, 6) is -2.80. The molecule has 1 rings (SSSR count). The van der Waals surface area contributed by atoms with E-state index in [0.717, 1.165) is 12.1 Å². The summed E-state index contributed by atoms with van der Waals surface area (Å²) < 4.78 is 37.6. The molecule has 0 atom stereocenters. The van der Waals surface area contributed by atoms with Crippen LogP contribution in [-0.4, -0.2) is 16.9 Å². The third-order valence-corrected chi connectivity index (χ3v) is 1.96. The molecule has 4 heteroatoms. The molecule has 1 aromatic rings. The molecule has 0 aromatic heterocycles. The minimum atomic E-state index is -1.09. The maximum absolute atomic E-state index is 12.6. The first-order valence-electron chi connectivity index (χ1n) is 2.90. The van der Waals surface area contributed by atoms with Gasteiger partial charge in [-0.2, -0.15) is 0 Å². The van der Waals surface area contributed by atoms with Crippen molar-refractivity contribution in [1.29, 1.82) is 0 Å². The molecule has 1 aromatic carbocycles. The van der Waals surface area contributed by atoms with Crippen LogP contribution in [0.4, 0.5) is 13.2 Å². The molecule has 11 heavy (non-hydrogen) atoms. The van der Waals surface area contributed by atoms with Gasteiger partial charge in [0.25, 0.3) is 0 Å². The van der Waals surface area contributed by atoms with Crippen molar-refractivity contribution in [3.8, 4) is 0 Å². The van der Waals surface area contributed by atoms with Gasteiger partial charge in [-0.25, -0.2) is 0 Å². The molecule has 0 aliphatic rings. The second-order valence-corrected chi connectivity index (χ2v) is 2.64. The Labute approximate surface area is 70.9 Å². The molecular weight excluding hydrogens is 216 g/mol. The quantitative estimate of drug-likeness (QED) is 0.499. The molecule has 0 saturated carbocycles. The summed E-state index contributed by atoms with van der Waals surface area (Å²) in [4.78, 5) is 0. The monoisotopic (exact) mass is 220 g/mol. The van der Waals surface area contributed by atoms with Gasteiger partial charge in [0.15, 0.2) is 0 Å². The van der Waals surface area contributed by atoms with E-state index in [9.17, 15) is 13.2 Å². The molecule has 0 bridgehead atoms. The molecule has 0 fully saturated rings. The summed E-state index contributed by atoms with van der Waals surface area (Å²) in [5.41, 5.74) is -0.218. The van der Waals surface area contributed by atoms with Crippen molar-refractivity contribution in [2.75, 3.05) is 0 Å². The summed E-state index contributed by atoms with van der Waals surface area (Å²) in [6.07, 6.45) is 0. The second kappa shape index (κ2) is 3.31. The van der Waals surface area contributed by atoms with Gasteiger partial charge in [0.05, 0.1) is 0 Å². The Bertz CT molecular complexity index is 273. The first-order chi connectivity index (χ1) is 5.16. The zero-order valence-electron chi connectivity index (χ0n) is 5.44. The molecule has 0 unspecified atom stereocenters. The van der Waals surface area contributed by atoms with E-state index in [-0.39, 0.29) is 10.8 Å². The van der Waals surface area contributed by atoms with Gasteiger partial charge in [0.2, 0.25) is 0 Å². The molecule has 0 spiro atoms. The van der Waals surface area contributed by atoms with Crippen LogP contribution in [-0.2, 0) is 5.21 Å². The van der Waals surface area contributed by atoms with E-state index in [4.69, 9.17) is 0 Å². The summed E-state index contributed by atoms with van der Waals surface area (Å²) in [7, 11) is 0. The third kappa shape index (κ3) is 1.59. The Morgan fingerprint density at radius 1 is 1.09 bits per heavy atom. The molecule has 0 N–H and O–H groups in total. The second-order valence-electron chi connectivity index (χ2n) is 1.98. The van der Waals surface area contributed by atoms with Crippen molar-refractivity contribution in [3.63, 3.8) is 0 Å². The van der Waals surface area contributed by atoms with Gasteiger partial charge in [-0.1, -0.05) is 0 Å². The van der Waals surface area contributed by atoms with E-state index in [2.05, 4.69) is 0 Å². The van der Waals surface area contributed by atoms with E-state index in [1.807, 2.05) is 16.9 Å².